The number of rotatable bonds is 5. The maximum absolute atomic E-state index is 12.8. The lowest BCUT2D eigenvalue weighted by molar-refractivity contribution is 0.102. The van der Waals surface area contributed by atoms with Gasteiger partial charge in [0, 0.05) is 17.7 Å². The van der Waals surface area contributed by atoms with Crippen LogP contribution in [0.1, 0.15) is 17.3 Å². The Hall–Kier alpha value is -3.41. The molecule has 0 saturated heterocycles. The number of nitrogens with one attached hydrogen (secondary N) is 1. The van der Waals surface area contributed by atoms with Gasteiger partial charge in [-0.15, -0.1) is 0 Å². The number of benzene rings is 2. The third-order valence-electron chi connectivity index (χ3n) is 4.00. The van der Waals surface area contributed by atoms with Crippen LogP contribution in [0.4, 0.5) is 5.69 Å². The Kier molecular flexibility index (Phi) is 5.12. The van der Waals surface area contributed by atoms with Crippen molar-refractivity contribution in [3.8, 4) is 17.1 Å². The van der Waals surface area contributed by atoms with E-state index in [-0.39, 0.29) is 17.2 Å². The molecule has 2 aromatic carbocycles. The van der Waals surface area contributed by atoms with Gasteiger partial charge in [0.15, 0.2) is 0 Å². The zero-order valence-corrected chi connectivity index (χ0v) is 14.6. The van der Waals surface area contributed by atoms with E-state index in [2.05, 4.69) is 10.3 Å². The topological polar surface area (TPSA) is 73.2 Å². The van der Waals surface area contributed by atoms with E-state index in [1.54, 1.807) is 31.4 Å². The summed E-state index contributed by atoms with van der Waals surface area (Å²) in [6.45, 7) is 2.29. The van der Waals surface area contributed by atoms with Crippen molar-refractivity contribution in [3.63, 3.8) is 0 Å². The van der Waals surface area contributed by atoms with E-state index in [0.29, 0.717) is 17.9 Å². The molecule has 0 aliphatic rings. The first-order valence-corrected chi connectivity index (χ1v) is 8.24. The third kappa shape index (κ3) is 3.49. The summed E-state index contributed by atoms with van der Waals surface area (Å²) in [5.74, 6) is 0.924. The number of carbonyl (C=O) groups is 1. The van der Waals surface area contributed by atoms with E-state index in [1.807, 2.05) is 37.3 Å². The minimum Gasteiger partial charge on any atom is -0.497 e. The molecule has 1 heterocycles. The van der Waals surface area contributed by atoms with Crippen LogP contribution in [0.25, 0.3) is 11.4 Å². The van der Waals surface area contributed by atoms with Gasteiger partial charge in [0.2, 0.25) is 0 Å². The molecule has 0 fully saturated rings. The molecule has 1 N–H and O–H groups in total. The van der Waals surface area contributed by atoms with Crippen LogP contribution in [0.3, 0.4) is 0 Å². The standard InChI is InChI=1S/C20H19N3O3/c1-3-23-18(14-9-11-16(26-2)12-10-14)21-13-17(20(23)25)22-19(24)15-7-5-4-6-8-15/h4-13H,3H2,1-2H3,(H,22,24). The summed E-state index contributed by atoms with van der Waals surface area (Å²) in [7, 11) is 1.60. The summed E-state index contributed by atoms with van der Waals surface area (Å²) in [5.41, 5.74) is 1.13. The number of hydrogen-bond donors (Lipinski definition) is 1. The van der Waals surface area contributed by atoms with Crippen molar-refractivity contribution in [2.24, 2.45) is 0 Å². The number of ether oxygens (including phenoxy) is 1. The van der Waals surface area contributed by atoms with Gasteiger partial charge >= 0.3 is 0 Å². The Balaban J connectivity index is 1.94. The molecule has 0 spiro atoms. The maximum atomic E-state index is 12.8. The van der Waals surface area contributed by atoms with Crippen LogP contribution in [0.2, 0.25) is 0 Å². The van der Waals surface area contributed by atoms with Gasteiger partial charge in [-0.25, -0.2) is 4.98 Å². The van der Waals surface area contributed by atoms with Gasteiger partial charge < -0.3 is 10.1 Å². The van der Waals surface area contributed by atoms with Crippen molar-refractivity contribution in [3.05, 3.63) is 76.7 Å². The average molecular weight is 349 g/mol. The Morgan fingerprint density at radius 1 is 1.12 bits per heavy atom. The van der Waals surface area contributed by atoms with Crippen LogP contribution in [-0.2, 0) is 6.54 Å². The van der Waals surface area contributed by atoms with Gasteiger partial charge in [-0.2, -0.15) is 0 Å². The van der Waals surface area contributed by atoms with Crippen LogP contribution in [0.5, 0.6) is 5.75 Å². The fraction of sp³-hybridized carbons (Fsp3) is 0.150. The quantitative estimate of drug-likeness (QED) is 0.768. The van der Waals surface area contributed by atoms with Gasteiger partial charge in [0.25, 0.3) is 11.5 Å². The molecule has 3 rings (SSSR count). The van der Waals surface area contributed by atoms with Crippen LogP contribution in [0, 0.1) is 0 Å². The minimum atomic E-state index is -0.343. The van der Waals surface area contributed by atoms with Gasteiger partial charge in [0.05, 0.1) is 13.3 Å². The second-order valence-corrected chi connectivity index (χ2v) is 5.59. The molecule has 0 aliphatic heterocycles. The molecule has 6 heteroatoms. The Bertz CT molecular complexity index is 964. The van der Waals surface area contributed by atoms with Crippen molar-refractivity contribution in [2.75, 3.05) is 12.4 Å². The highest BCUT2D eigenvalue weighted by Gasteiger charge is 2.14. The highest BCUT2D eigenvalue weighted by Crippen LogP contribution is 2.20. The number of amides is 1. The van der Waals surface area contributed by atoms with Crippen molar-refractivity contribution >= 4 is 11.6 Å². The Morgan fingerprint density at radius 2 is 1.81 bits per heavy atom. The predicted molar refractivity (Wildman–Crippen MR) is 101 cm³/mol. The molecule has 0 aliphatic carbocycles. The number of carbonyl (C=O) groups excluding carboxylic acids is 1. The van der Waals surface area contributed by atoms with Gasteiger partial charge in [-0.05, 0) is 43.3 Å². The lowest BCUT2D eigenvalue weighted by atomic mass is 10.2. The smallest absolute Gasteiger partial charge is 0.277 e. The summed E-state index contributed by atoms with van der Waals surface area (Å²) < 4.78 is 6.68. The minimum absolute atomic E-state index is 0.151. The van der Waals surface area contributed by atoms with E-state index in [9.17, 15) is 9.59 Å². The molecule has 6 nitrogen and oxygen atoms in total. The fourth-order valence-electron chi connectivity index (χ4n) is 2.63. The molecular formula is C20H19N3O3. The van der Waals surface area contributed by atoms with Gasteiger partial charge in [-0.1, -0.05) is 18.2 Å². The van der Waals surface area contributed by atoms with Crippen molar-refractivity contribution in [1.29, 1.82) is 0 Å². The molecule has 1 amide bonds. The lowest BCUT2D eigenvalue weighted by Gasteiger charge is -2.13. The third-order valence-corrected chi connectivity index (χ3v) is 4.00. The highest BCUT2D eigenvalue weighted by atomic mass is 16.5. The molecule has 0 unspecified atom stereocenters. The van der Waals surface area contributed by atoms with Gasteiger partial charge in [-0.3, -0.25) is 14.2 Å². The van der Waals surface area contributed by atoms with Crippen molar-refractivity contribution in [2.45, 2.75) is 13.5 Å². The van der Waals surface area contributed by atoms with E-state index in [1.165, 1.54) is 10.8 Å². The summed E-state index contributed by atoms with van der Waals surface area (Å²) >= 11 is 0. The Morgan fingerprint density at radius 3 is 2.42 bits per heavy atom. The van der Waals surface area contributed by atoms with Gasteiger partial charge in [0.1, 0.15) is 17.3 Å². The molecular weight excluding hydrogens is 330 g/mol. The fourth-order valence-corrected chi connectivity index (χ4v) is 2.63. The molecule has 1 aromatic heterocycles. The molecule has 132 valence electrons. The number of anilines is 1. The lowest BCUT2D eigenvalue weighted by Crippen LogP contribution is -2.27. The van der Waals surface area contributed by atoms with E-state index >= 15 is 0 Å². The first-order valence-electron chi connectivity index (χ1n) is 8.24. The summed E-state index contributed by atoms with van der Waals surface area (Å²) in [4.78, 5) is 29.4. The van der Waals surface area contributed by atoms with Crippen LogP contribution < -0.4 is 15.6 Å². The monoisotopic (exact) mass is 349 g/mol. The summed E-state index contributed by atoms with van der Waals surface area (Å²) in [6, 6.07) is 16.0. The highest BCUT2D eigenvalue weighted by molar-refractivity contribution is 6.04. The summed E-state index contributed by atoms with van der Waals surface area (Å²) in [5, 5.41) is 2.64. The van der Waals surface area contributed by atoms with Crippen LogP contribution in [-0.4, -0.2) is 22.6 Å². The SMILES string of the molecule is CCn1c(-c2ccc(OC)cc2)ncc(NC(=O)c2ccccc2)c1=O. The van der Waals surface area contributed by atoms with Crippen molar-refractivity contribution < 1.29 is 9.53 Å². The summed E-state index contributed by atoms with van der Waals surface area (Å²) in [6.07, 6.45) is 1.40. The first-order chi connectivity index (χ1) is 12.6. The van der Waals surface area contributed by atoms with E-state index in [0.717, 1.165) is 11.3 Å². The molecule has 3 aromatic rings. The second kappa shape index (κ2) is 7.65. The van der Waals surface area contributed by atoms with Crippen molar-refractivity contribution in [1.82, 2.24) is 9.55 Å². The molecule has 0 saturated carbocycles. The maximum Gasteiger partial charge on any atom is 0.277 e. The molecule has 0 bridgehead atoms. The number of aromatic nitrogens is 2. The average Bonchev–Trinajstić information content (AvgIpc) is 2.70. The predicted octanol–water partition coefficient (Wildman–Crippen LogP) is 3.19. The number of nitrogens with zero attached hydrogens (tertiary/aromatic N) is 2. The Labute approximate surface area is 151 Å². The zero-order valence-electron chi connectivity index (χ0n) is 14.6. The van der Waals surface area contributed by atoms with E-state index in [4.69, 9.17) is 4.74 Å². The second-order valence-electron chi connectivity index (χ2n) is 5.59. The number of hydrogen-bond acceptors (Lipinski definition) is 4. The molecule has 0 atom stereocenters. The number of methoxy groups -OCH3 is 1. The normalized spacial score (nSPS) is 10.4. The largest absolute Gasteiger partial charge is 0.497 e. The zero-order chi connectivity index (χ0) is 18.5. The molecule has 26 heavy (non-hydrogen) atoms. The molecule has 0 radical (unpaired) electrons. The van der Waals surface area contributed by atoms with E-state index < -0.39 is 0 Å². The van der Waals surface area contributed by atoms with Crippen LogP contribution in [0.15, 0.2) is 65.6 Å². The van der Waals surface area contributed by atoms with Crippen LogP contribution >= 0.6 is 0 Å². The first kappa shape index (κ1) is 17.4.